The van der Waals surface area contributed by atoms with E-state index < -0.39 is 58.0 Å². The molecule has 2 aromatic rings. The molecule has 1 amide bonds. The number of aromatic hydroxyl groups is 1. The Balaban J connectivity index is 1.61. The van der Waals surface area contributed by atoms with E-state index in [0.717, 1.165) is 15.6 Å². The van der Waals surface area contributed by atoms with Crippen molar-refractivity contribution in [1.29, 1.82) is 0 Å². The summed E-state index contributed by atoms with van der Waals surface area (Å²) in [4.78, 5) is 40.7. The molecule has 6 N–H and O–H groups in total. The highest BCUT2D eigenvalue weighted by Gasteiger charge is 2.64. The Morgan fingerprint density at radius 2 is 1.74 bits per heavy atom. The number of hydrogen-bond acceptors (Lipinski definition) is 8. The minimum Gasteiger partial charge on any atom is -0.508 e. The van der Waals surface area contributed by atoms with Gasteiger partial charge < -0.3 is 26.2 Å². The number of halogens is 1. The van der Waals surface area contributed by atoms with Gasteiger partial charge in [-0.15, -0.1) is 0 Å². The molecule has 0 saturated heterocycles. The summed E-state index contributed by atoms with van der Waals surface area (Å²) in [5.41, 5.74) is 4.55. The summed E-state index contributed by atoms with van der Waals surface area (Å²) in [6.07, 6.45) is 1.66. The van der Waals surface area contributed by atoms with Crippen LogP contribution in [0.4, 0.5) is 0 Å². The lowest BCUT2D eigenvalue weighted by atomic mass is 9.57. The maximum atomic E-state index is 13.9. The first kappa shape index (κ1) is 27.1. The normalized spacial score (nSPS) is 26.4. The summed E-state index contributed by atoms with van der Waals surface area (Å²) < 4.78 is 0.971. The van der Waals surface area contributed by atoms with Gasteiger partial charge in [0.1, 0.15) is 22.8 Å². The van der Waals surface area contributed by atoms with Crippen LogP contribution < -0.4 is 5.73 Å². The second-order valence-corrected chi connectivity index (χ2v) is 11.6. The van der Waals surface area contributed by atoms with Gasteiger partial charge in [0.15, 0.2) is 11.4 Å². The van der Waals surface area contributed by atoms with Crippen molar-refractivity contribution in [2.75, 3.05) is 14.1 Å². The number of nitrogens with zero attached hydrogens (tertiary/aromatic N) is 1. The Labute approximate surface area is 233 Å². The van der Waals surface area contributed by atoms with Crippen molar-refractivity contribution in [3.05, 3.63) is 80.0 Å². The van der Waals surface area contributed by atoms with E-state index >= 15 is 0 Å². The van der Waals surface area contributed by atoms with Crippen LogP contribution in [0.25, 0.3) is 5.76 Å². The average molecular weight is 597 g/mol. The van der Waals surface area contributed by atoms with Gasteiger partial charge >= 0.3 is 0 Å². The topological polar surface area (TPSA) is 161 Å². The second-order valence-electron chi connectivity index (χ2n) is 10.7. The number of phenolic OH excluding ortho intramolecular Hbond substituents is 1. The number of aliphatic hydroxyl groups is 3. The van der Waals surface area contributed by atoms with Gasteiger partial charge in [-0.1, -0.05) is 34.1 Å². The minimum absolute atomic E-state index is 0.0631. The third-order valence-corrected chi connectivity index (χ3v) is 8.83. The Morgan fingerprint density at radius 3 is 2.36 bits per heavy atom. The second kappa shape index (κ2) is 9.62. The molecule has 4 atom stereocenters. The summed E-state index contributed by atoms with van der Waals surface area (Å²) in [6.45, 7) is 0. The molecule has 0 aliphatic heterocycles. The van der Waals surface area contributed by atoms with E-state index in [1.54, 1.807) is 20.2 Å². The summed E-state index contributed by atoms with van der Waals surface area (Å²) in [5.74, 6) is -6.52. The molecule has 9 nitrogen and oxygen atoms in total. The first-order chi connectivity index (χ1) is 18.4. The Kier molecular flexibility index (Phi) is 6.69. The standard InChI is InChI=1S/C29H29BrN2O7/c1-32(2)23-18-12-15-11-17-14(6-3-13-4-8-16(30)9-5-13)7-10-19(33)21(17)24(34)20(15)26(36)29(18,39)27(37)22(25(23)35)28(31)38/h4-5,7-10,15,18,23,33-34,37,39H,3,6,11-12H2,1-2H3,(H2,31,38)/t15-,18-,23-,29-/m0/s1. The van der Waals surface area contributed by atoms with Crippen molar-refractivity contribution in [2.24, 2.45) is 17.6 Å². The lowest BCUT2D eigenvalue weighted by Gasteiger charge is -2.50. The third-order valence-electron chi connectivity index (χ3n) is 8.30. The zero-order valence-corrected chi connectivity index (χ0v) is 23.0. The number of benzene rings is 2. The molecule has 0 spiro atoms. The summed E-state index contributed by atoms with van der Waals surface area (Å²) >= 11 is 3.43. The molecule has 0 bridgehead atoms. The minimum atomic E-state index is -2.64. The van der Waals surface area contributed by atoms with E-state index in [1.165, 1.54) is 11.0 Å². The fourth-order valence-electron chi connectivity index (χ4n) is 6.47. The van der Waals surface area contributed by atoms with Gasteiger partial charge in [-0.2, -0.15) is 0 Å². The molecule has 5 rings (SSSR count). The monoisotopic (exact) mass is 596 g/mol. The van der Waals surface area contributed by atoms with Crippen LogP contribution in [0.1, 0.15) is 28.7 Å². The molecule has 3 aliphatic rings. The van der Waals surface area contributed by atoms with E-state index in [-0.39, 0.29) is 29.7 Å². The van der Waals surface area contributed by atoms with E-state index in [2.05, 4.69) is 15.9 Å². The Bertz CT molecular complexity index is 1480. The molecule has 10 heteroatoms. The largest absolute Gasteiger partial charge is 0.508 e. The summed E-state index contributed by atoms with van der Waals surface area (Å²) in [6, 6.07) is 10.1. The van der Waals surface area contributed by atoms with Crippen molar-refractivity contribution >= 4 is 39.2 Å². The fourth-order valence-corrected chi connectivity index (χ4v) is 6.74. The van der Waals surface area contributed by atoms with Crippen molar-refractivity contribution in [2.45, 2.75) is 37.3 Å². The highest BCUT2D eigenvalue weighted by molar-refractivity contribution is 9.10. The number of nitrogens with two attached hydrogens (primary N) is 1. The maximum absolute atomic E-state index is 13.9. The van der Waals surface area contributed by atoms with Crippen molar-refractivity contribution in [1.82, 2.24) is 4.90 Å². The molecule has 2 aromatic carbocycles. The number of carbonyl (C=O) groups excluding carboxylic acids is 3. The molecule has 0 aromatic heterocycles. The molecule has 1 fully saturated rings. The predicted octanol–water partition coefficient (Wildman–Crippen LogP) is 2.51. The highest BCUT2D eigenvalue weighted by atomic mass is 79.9. The molecule has 204 valence electrons. The molecule has 3 aliphatic carbocycles. The molecule has 0 heterocycles. The molecular formula is C29H29BrN2O7. The van der Waals surface area contributed by atoms with Crippen LogP contribution in [0.3, 0.4) is 0 Å². The van der Waals surface area contributed by atoms with E-state index in [1.807, 2.05) is 24.3 Å². The molecular weight excluding hydrogens is 568 g/mol. The first-order valence-corrected chi connectivity index (χ1v) is 13.4. The number of primary amides is 1. The number of aliphatic hydroxyl groups excluding tert-OH is 2. The lowest BCUT2D eigenvalue weighted by Crippen LogP contribution is -2.65. The highest BCUT2D eigenvalue weighted by Crippen LogP contribution is 2.53. The van der Waals surface area contributed by atoms with Crippen LogP contribution in [-0.4, -0.2) is 68.5 Å². The maximum Gasteiger partial charge on any atom is 0.255 e. The van der Waals surface area contributed by atoms with Gasteiger partial charge in [0.05, 0.1) is 11.6 Å². The molecule has 39 heavy (non-hydrogen) atoms. The zero-order chi connectivity index (χ0) is 28.4. The summed E-state index contributed by atoms with van der Waals surface area (Å²) in [5, 5.41) is 44.7. The number of hydrogen-bond donors (Lipinski definition) is 5. The predicted molar refractivity (Wildman–Crippen MR) is 146 cm³/mol. The van der Waals surface area contributed by atoms with Gasteiger partial charge in [0.2, 0.25) is 5.78 Å². The van der Waals surface area contributed by atoms with Crippen LogP contribution in [0, 0.1) is 11.8 Å². The molecule has 0 unspecified atom stereocenters. The lowest BCUT2D eigenvalue weighted by molar-refractivity contribution is -0.153. The summed E-state index contributed by atoms with van der Waals surface area (Å²) in [7, 11) is 3.15. The van der Waals surface area contributed by atoms with Crippen LogP contribution in [0.2, 0.25) is 0 Å². The number of amides is 1. The average Bonchev–Trinajstić information content (AvgIpc) is 2.86. The Hall–Kier alpha value is -3.47. The van der Waals surface area contributed by atoms with Crippen LogP contribution in [0.15, 0.2) is 57.8 Å². The number of ketones is 2. The van der Waals surface area contributed by atoms with Gasteiger partial charge in [-0.3, -0.25) is 19.3 Å². The van der Waals surface area contributed by atoms with Gasteiger partial charge in [-0.05, 0) is 80.6 Å². The number of Topliss-reactive ketones (excluding diaryl/α,β-unsaturated/α-hetero) is 2. The first-order valence-electron chi connectivity index (χ1n) is 12.6. The number of rotatable bonds is 5. The van der Waals surface area contributed by atoms with Gasteiger partial charge in [0, 0.05) is 16.0 Å². The number of likely N-dealkylation sites (N-methyl/N-ethyl adjacent to an activating group) is 1. The number of carbonyl (C=O) groups is 3. The Morgan fingerprint density at radius 1 is 1.08 bits per heavy atom. The van der Waals surface area contributed by atoms with Crippen molar-refractivity contribution < 1.29 is 34.8 Å². The van der Waals surface area contributed by atoms with E-state index in [9.17, 15) is 34.8 Å². The number of fused-ring (bicyclic) bond motifs is 3. The number of phenols is 1. The smallest absolute Gasteiger partial charge is 0.255 e. The van der Waals surface area contributed by atoms with E-state index in [0.29, 0.717) is 18.4 Å². The van der Waals surface area contributed by atoms with Gasteiger partial charge in [0.25, 0.3) is 5.91 Å². The van der Waals surface area contributed by atoms with Crippen LogP contribution in [-0.2, 0) is 33.6 Å². The van der Waals surface area contributed by atoms with Gasteiger partial charge in [-0.25, -0.2) is 0 Å². The van der Waals surface area contributed by atoms with Crippen molar-refractivity contribution in [3.63, 3.8) is 0 Å². The van der Waals surface area contributed by atoms with E-state index in [4.69, 9.17) is 5.73 Å². The molecule has 0 radical (unpaired) electrons. The number of aryl methyl sites for hydroxylation is 2. The molecule has 1 saturated carbocycles. The fraction of sp³-hybridized carbons (Fsp3) is 0.345. The SMILES string of the molecule is CN(C)[C@@H]1C(=O)C(C(N)=O)=C(O)[C@@]2(O)C(=O)C3=C(O)c4c(O)ccc(CCc5ccc(Br)cc5)c4C[C@H]3C[C@@H]12. The van der Waals surface area contributed by atoms with Crippen LogP contribution in [0.5, 0.6) is 5.75 Å². The van der Waals surface area contributed by atoms with Crippen LogP contribution >= 0.6 is 15.9 Å². The third kappa shape index (κ3) is 4.09. The quantitative estimate of drug-likeness (QED) is 0.329. The zero-order valence-electron chi connectivity index (χ0n) is 21.4. The van der Waals surface area contributed by atoms with Crippen molar-refractivity contribution in [3.8, 4) is 5.75 Å².